The van der Waals surface area contributed by atoms with E-state index in [9.17, 15) is 10.4 Å². The standard InChI is InChI=1S/C17H14BrNO/c18-15-8-4-3-7-14(15)16(20)17(11-19)9-12-5-1-2-6-13(12)10-17/h1-8,16,20H,9-10H2. The SMILES string of the molecule is N#CC1(C(O)c2ccccc2Br)Cc2ccccc2C1. The molecule has 3 heteroatoms. The highest BCUT2D eigenvalue weighted by molar-refractivity contribution is 9.10. The number of nitrogens with zero attached hydrogens (tertiary/aromatic N) is 1. The van der Waals surface area contributed by atoms with Crippen molar-refractivity contribution in [3.05, 3.63) is 69.7 Å². The molecule has 0 bridgehead atoms. The van der Waals surface area contributed by atoms with E-state index in [2.05, 4.69) is 22.0 Å². The van der Waals surface area contributed by atoms with Gasteiger partial charge < -0.3 is 5.11 Å². The molecule has 0 aliphatic heterocycles. The van der Waals surface area contributed by atoms with Crippen molar-refractivity contribution in [3.63, 3.8) is 0 Å². The highest BCUT2D eigenvalue weighted by atomic mass is 79.9. The molecule has 0 saturated heterocycles. The Morgan fingerprint density at radius 3 is 2.15 bits per heavy atom. The van der Waals surface area contributed by atoms with Gasteiger partial charge in [-0.25, -0.2) is 0 Å². The van der Waals surface area contributed by atoms with Crippen LogP contribution in [0.5, 0.6) is 0 Å². The van der Waals surface area contributed by atoms with Crippen molar-refractivity contribution >= 4 is 15.9 Å². The Morgan fingerprint density at radius 1 is 1.05 bits per heavy atom. The maximum absolute atomic E-state index is 10.8. The first-order valence-corrected chi connectivity index (χ1v) is 7.36. The van der Waals surface area contributed by atoms with Crippen LogP contribution in [0.15, 0.2) is 53.0 Å². The van der Waals surface area contributed by atoms with Gasteiger partial charge in [0.2, 0.25) is 0 Å². The number of fused-ring (bicyclic) bond motifs is 1. The zero-order chi connectivity index (χ0) is 14.2. The van der Waals surface area contributed by atoms with Crippen LogP contribution in [0, 0.1) is 16.7 Å². The Morgan fingerprint density at radius 2 is 1.60 bits per heavy atom. The van der Waals surface area contributed by atoms with Crippen LogP contribution in [0.4, 0.5) is 0 Å². The average molecular weight is 328 g/mol. The molecule has 1 unspecified atom stereocenters. The fraction of sp³-hybridized carbons (Fsp3) is 0.235. The van der Waals surface area contributed by atoms with Crippen LogP contribution in [0.2, 0.25) is 0 Å². The first-order chi connectivity index (χ1) is 9.66. The summed E-state index contributed by atoms with van der Waals surface area (Å²) >= 11 is 3.46. The summed E-state index contributed by atoms with van der Waals surface area (Å²) < 4.78 is 0.845. The predicted octanol–water partition coefficient (Wildman–Crippen LogP) is 3.79. The number of aliphatic hydroxyl groups excluding tert-OH is 1. The smallest absolute Gasteiger partial charge is 0.0993 e. The van der Waals surface area contributed by atoms with Crippen LogP contribution >= 0.6 is 15.9 Å². The summed E-state index contributed by atoms with van der Waals surface area (Å²) in [5.74, 6) is 0. The number of nitriles is 1. The third-order valence-corrected chi connectivity index (χ3v) is 4.80. The Labute approximate surface area is 126 Å². The van der Waals surface area contributed by atoms with E-state index in [1.54, 1.807) is 0 Å². The van der Waals surface area contributed by atoms with Crippen molar-refractivity contribution in [3.8, 4) is 6.07 Å². The largest absolute Gasteiger partial charge is 0.387 e. The van der Waals surface area contributed by atoms with E-state index >= 15 is 0 Å². The predicted molar refractivity (Wildman–Crippen MR) is 81.0 cm³/mol. The summed E-state index contributed by atoms with van der Waals surface area (Å²) in [6, 6.07) is 18.0. The molecular formula is C17H14BrNO. The van der Waals surface area contributed by atoms with Crippen molar-refractivity contribution in [2.75, 3.05) is 0 Å². The first kappa shape index (κ1) is 13.4. The number of rotatable bonds is 2. The van der Waals surface area contributed by atoms with Gasteiger partial charge in [-0.1, -0.05) is 58.4 Å². The topological polar surface area (TPSA) is 44.0 Å². The summed E-state index contributed by atoms with van der Waals surface area (Å²) in [5.41, 5.74) is 2.34. The van der Waals surface area contributed by atoms with Gasteiger partial charge in [0.25, 0.3) is 0 Å². The summed E-state index contributed by atoms with van der Waals surface area (Å²) in [5, 5.41) is 20.5. The minimum atomic E-state index is -0.796. The number of halogens is 1. The average Bonchev–Trinajstić information content (AvgIpc) is 2.87. The quantitative estimate of drug-likeness (QED) is 0.911. The second kappa shape index (κ2) is 5.05. The number of hydrogen-bond acceptors (Lipinski definition) is 2. The summed E-state index contributed by atoms with van der Waals surface area (Å²) in [6.45, 7) is 0. The molecule has 0 saturated carbocycles. The Balaban J connectivity index is 2.01. The molecule has 0 heterocycles. The van der Waals surface area contributed by atoms with Crippen LogP contribution in [0.1, 0.15) is 22.8 Å². The van der Waals surface area contributed by atoms with Crippen molar-refractivity contribution < 1.29 is 5.11 Å². The fourth-order valence-electron chi connectivity index (χ4n) is 2.97. The molecule has 1 aliphatic carbocycles. The molecule has 1 atom stereocenters. The number of benzene rings is 2. The molecule has 0 radical (unpaired) electrons. The molecule has 0 amide bonds. The molecule has 0 aromatic heterocycles. The minimum Gasteiger partial charge on any atom is -0.387 e. The highest BCUT2D eigenvalue weighted by Gasteiger charge is 2.44. The van der Waals surface area contributed by atoms with Gasteiger partial charge in [0.05, 0.1) is 17.6 Å². The van der Waals surface area contributed by atoms with Gasteiger partial charge in [-0.3, -0.25) is 0 Å². The fourth-order valence-corrected chi connectivity index (χ4v) is 3.47. The van der Waals surface area contributed by atoms with Crippen molar-refractivity contribution in [1.29, 1.82) is 5.26 Å². The summed E-state index contributed by atoms with van der Waals surface area (Å²) in [6.07, 6.45) is 0.403. The van der Waals surface area contributed by atoms with Gasteiger partial charge in [0.1, 0.15) is 0 Å². The normalized spacial score (nSPS) is 17.2. The molecule has 0 fully saturated rings. The van der Waals surface area contributed by atoms with Crippen LogP contribution in [-0.4, -0.2) is 5.11 Å². The number of aliphatic hydroxyl groups is 1. The third kappa shape index (κ3) is 2.06. The second-order valence-corrected chi connectivity index (χ2v) is 6.17. The molecule has 2 nitrogen and oxygen atoms in total. The second-order valence-electron chi connectivity index (χ2n) is 5.31. The van der Waals surface area contributed by atoms with E-state index in [0.29, 0.717) is 12.8 Å². The minimum absolute atomic E-state index is 0.599. The van der Waals surface area contributed by atoms with Gasteiger partial charge >= 0.3 is 0 Å². The van der Waals surface area contributed by atoms with E-state index < -0.39 is 11.5 Å². The summed E-state index contributed by atoms with van der Waals surface area (Å²) in [4.78, 5) is 0. The van der Waals surface area contributed by atoms with Crippen LogP contribution < -0.4 is 0 Å². The van der Waals surface area contributed by atoms with Crippen molar-refractivity contribution in [2.24, 2.45) is 5.41 Å². The molecule has 2 aromatic carbocycles. The summed E-state index contributed by atoms with van der Waals surface area (Å²) in [7, 11) is 0. The maximum Gasteiger partial charge on any atom is 0.0993 e. The van der Waals surface area contributed by atoms with Crippen LogP contribution in [0.25, 0.3) is 0 Å². The van der Waals surface area contributed by atoms with E-state index in [4.69, 9.17) is 0 Å². The number of hydrogen-bond donors (Lipinski definition) is 1. The molecule has 0 spiro atoms. The lowest BCUT2D eigenvalue weighted by Gasteiger charge is -2.28. The monoisotopic (exact) mass is 327 g/mol. The van der Waals surface area contributed by atoms with Crippen molar-refractivity contribution in [2.45, 2.75) is 18.9 Å². The van der Waals surface area contributed by atoms with E-state index in [0.717, 1.165) is 10.0 Å². The van der Waals surface area contributed by atoms with Crippen LogP contribution in [0.3, 0.4) is 0 Å². The van der Waals surface area contributed by atoms with Crippen LogP contribution in [-0.2, 0) is 12.8 Å². The van der Waals surface area contributed by atoms with E-state index in [1.165, 1.54) is 11.1 Å². The molecule has 100 valence electrons. The molecular weight excluding hydrogens is 314 g/mol. The Bertz CT molecular complexity index is 664. The van der Waals surface area contributed by atoms with Gasteiger partial charge in [-0.2, -0.15) is 5.26 Å². The van der Waals surface area contributed by atoms with Gasteiger partial charge in [0, 0.05) is 4.47 Å². The molecule has 2 aromatic rings. The van der Waals surface area contributed by atoms with E-state index in [1.807, 2.05) is 48.5 Å². The first-order valence-electron chi connectivity index (χ1n) is 6.57. The van der Waals surface area contributed by atoms with E-state index in [-0.39, 0.29) is 0 Å². The molecule has 1 aliphatic rings. The lowest BCUT2D eigenvalue weighted by Crippen LogP contribution is -2.28. The lowest BCUT2D eigenvalue weighted by molar-refractivity contribution is 0.0687. The van der Waals surface area contributed by atoms with Gasteiger partial charge in [0.15, 0.2) is 0 Å². The molecule has 20 heavy (non-hydrogen) atoms. The highest BCUT2D eigenvalue weighted by Crippen LogP contribution is 2.46. The van der Waals surface area contributed by atoms with Gasteiger partial charge in [-0.05, 0) is 35.6 Å². The third-order valence-electron chi connectivity index (χ3n) is 4.08. The Hall–Kier alpha value is -1.63. The zero-order valence-corrected chi connectivity index (χ0v) is 12.5. The maximum atomic E-state index is 10.8. The lowest BCUT2D eigenvalue weighted by atomic mass is 9.77. The van der Waals surface area contributed by atoms with Gasteiger partial charge in [-0.15, -0.1) is 0 Å². The molecule has 3 rings (SSSR count). The Kier molecular flexibility index (Phi) is 3.37. The molecule has 1 N–H and O–H groups in total. The van der Waals surface area contributed by atoms with Crippen molar-refractivity contribution in [1.82, 2.24) is 0 Å². The zero-order valence-electron chi connectivity index (χ0n) is 10.9.